The van der Waals surface area contributed by atoms with Gasteiger partial charge in [0.25, 0.3) is 11.6 Å². The number of rotatable bonds is 4. The molecule has 1 aromatic carbocycles. The number of amides is 1. The van der Waals surface area contributed by atoms with Gasteiger partial charge in [-0.15, -0.1) is 0 Å². The number of carbonyl (C=O) groups excluding carboxylic acids is 2. The van der Waals surface area contributed by atoms with E-state index in [0.717, 1.165) is 6.29 Å². The van der Waals surface area contributed by atoms with Gasteiger partial charge in [-0.05, 0) is 25.0 Å². The van der Waals surface area contributed by atoms with Crippen LogP contribution in [0.15, 0.2) is 18.2 Å². The van der Waals surface area contributed by atoms with Crippen LogP contribution in [0.4, 0.5) is 11.4 Å². The number of nitrogens with zero attached hydrogens (tertiary/aromatic N) is 2. The van der Waals surface area contributed by atoms with Crippen LogP contribution in [0.25, 0.3) is 0 Å². The van der Waals surface area contributed by atoms with E-state index in [1.54, 1.807) is 0 Å². The number of benzene rings is 1. The van der Waals surface area contributed by atoms with Crippen molar-refractivity contribution in [3.63, 3.8) is 0 Å². The zero-order chi connectivity index (χ0) is 15.4. The van der Waals surface area contributed by atoms with E-state index in [4.69, 9.17) is 0 Å². The molecule has 1 saturated heterocycles. The molecule has 1 aromatic rings. The van der Waals surface area contributed by atoms with E-state index in [2.05, 4.69) is 5.32 Å². The molecule has 0 aliphatic carbocycles. The maximum Gasteiger partial charge on any atom is 0.292 e. The molecule has 2 rings (SSSR count). The molecule has 112 valence electrons. The minimum Gasteiger partial charge on any atom is -0.366 e. The van der Waals surface area contributed by atoms with Gasteiger partial charge in [-0.25, -0.2) is 0 Å². The smallest absolute Gasteiger partial charge is 0.292 e. The third kappa shape index (κ3) is 3.18. The number of aldehydes is 1. The van der Waals surface area contributed by atoms with Crippen LogP contribution in [0.1, 0.15) is 23.2 Å². The second-order valence-electron chi connectivity index (χ2n) is 5.00. The first kappa shape index (κ1) is 15.0. The Hall–Kier alpha value is -2.44. The summed E-state index contributed by atoms with van der Waals surface area (Å²) >= 11 is 0. The van der Waals surface area contributed by atoms with Crippen LogP contribution in [-0.2, 0) is 4.79 Å². The highest BCUT2D eigenvalue weighted by Gasteiger charge is 2.25. The van der Waals surface area contributed by atoms with Crippen LogP contribution < -0.4 is 10.2 Å². The van der Waals surface area contributed by atoms with Crippen LogP contribution in [0.5, 0.6) is 0 Å². The average Bonchev–Trinajstić information content (AvgIpc) is 2.53. The molecule has 7 heteroatoms. The number of anilines is 1. The summed E-state index contributed by atoms with van der Waals surface area (Å²) in [6.45, 7) is 1.14. The van der Waals surface area contributed by atoms with Crippen LogP contribution in [0, 0.1) is 16.0 Å². The van der Waals surface area contributed by atoms with Crippen LogP contribution >= 0.6 is 0 Å². The van der Waals surface area contributed by atoms with Crippen LogP contribution in [0.2, 0.25) is 0 Å². The first-order valence-electron chi connectivity index (χ1n) is 6.77. The van der Waals surface area contributed by atoms with E-state index in [1.165, 1.54) is 25.2 Å². The summed E-state index contributed by atoms with van der Waals surface area (Å²) in [4.78, 5) is 35.0. The van der Waals surface area contributed by atoms with Crippen molar-refractivity contribution >= 4 is 23.6 Å². The fourth-order valence-electron chi connectivity index (χ4n) is 2.49. The Labute approximate surface area is 122 Å². The maximum absolute atomic E-state index is 11.7. The zero-order valence-electron chi connectivity index (χ0n) is 11.7. The van der Waals surface area contributed by atoms with Gasteiger partial charge in [-0.2, -0.15) is 0 Å². The predicted octanol–water partition coefficient (Wildman–Crippen LogP) is 1.37. The van der Waals surface area contributed by atoms with Crippen molar-refractivity contribution in [3.05, 3.63) is 33.9 Å². The van der Waals surface area contributed by atoms with Crippen LogP contribution in [0.3, 0.4) is 0 Å². The van der Waals surface area contributed by atoms with Gasteiger partial charge < -0.3 is 15.0 Å². The Balaban J connectivity index is 2.33. The minimum atomic E-state index is -0.450. The highest BCUT2D eigenvalue weighted by Crippen LogP contribution is 2.32. The van der Waals surface area contributed by atoms with E-state index < -0.39 is 4.92 Å². The van der Waals surface area contributed by atoms with Gasteiger partial charge in [0.1, 0.15) is 12.0 Å². The maximum atomic E-state index is 11.7. The Bertz CT molecular complexity index is 565. The third-order valence-corrected chi connectivity index (χ3v) is 3.73. The fourth-order valence-corrected chi connectivity index (χ4v) is 2.49. The van der Waals surface area contributed by atoms with Crippen molar-refractivity contribution in [2.24, 2.45) is 5.92 Å². The van der Waals surface area contributed by atoms with Gasteiger partial charge >= 0.3 is 0 Å². The molecule has 0 bridgehead atoms. The van der Waals surface area contributed by atoms with Gasteiger partial charge in [0, 0.05) is 37.7 Å². The monoisotopic (exact) mass is 291 g/mol. The Morgan fingerprint density at radius 1 is 1.43 bits per heavy atom. The van der Waals surface area contributed by atoms with E-state index in [-0.39, 0.29) is 17.5 Å². The van der Waals surface area contributed by atoms with E-state index in [9.17, 15) is 19.7 Å². The summed E-state index contributed by atoms with van der Waals surface area (Å²) < 4.78 is 0. The molecule has 0 spiro atoms. The largest absolute Gasteiger partial charge is 0.366 e. The molecular formula is C14H17N3O4. The number of nitro benzene ring substituents is 1. The van der Waals surface area contributed by atoms with Gasteiger partial charge in [-0.1, -0.05) is 0 Å². The summed E-state index contributed by atoms with van der Waals surface area (Å²) in [7, 11) is 1.51. The highest BCUT2D eigenvalue weighted by molar-refractivity contribution is 5.95. The lowest BCUT2D eigenvalue weighted by Gasteiger charge is -2.31. The van der Waals surface area contributed by atoms with Gasteiger partial charge in [0.2, 0.25) is 0 Å². The summed E-state index contributed by atoms with van der Waals surface area (Å²) in [5.41, 5.74) is 0.799. The SMILES string of the molecule is CNC(=O)c1ccc([N+](=O)[O-])c(N2CCC(C=O)CC2)c1. The number of carbonyl (C=O) groups is 2. The van der Waals surface area contributed by atoms with Crippen molar-refractivity contribution in [2.45, 2.75) is 12.8 Å². The number of nitrogens with one attached hydrogen (secondary N) is 1. The molecule has 7 nitrogen and oxygen atoms in total. The molecule has 1 fully saturated rings. The van der Waals surface area contributed by atoms with E-state index >= 15 is 0 Å². The van der Waals surface area contributed by atoms with E-state index in [0.29, 0.717) is 37.2 Å². The number of hydrogen-bond acceptors (Lipinski definition) is 5. The summed E-state index contributed by atoms with van der Waals surface area (Å²) in [5.74, 6) is -0.267. The lowest BCUT2D eigenvalue weighted by atomic mass is 9.97. The topological polar surface area (TPSA) is 92.5 Å². The molecule has 1 amide bonds. The molecule has 0 radical (unpaired) electrons. The Morgan fingerprint density at radius 3 is 2.62 bits per heavy atom. The molecule has 1 aliphatic heterocycles. The number of piperidine rings is 1. The van der Waals surface area contributed by atoms with Gasteiger partial charge in [0.05, 0.1) is 4.92 Å². The highest BCUT2D eigenvalue weighted by atomic mass is 16.6. The number of hydrogen-bond donors (Lipinski definition) is 1. The Kier molecular flexibility index (Phi) is 4.52. The number of nitro groups is 1. The van der Waals surface area contributed by atoms with Gasteiger partial charge in [-0.3, -0.25) is 14.9 Å². The molecule has 1 aliphatic rings. The predicted molar refractivity (Wildman–Crippen MR) is 77.5 cm³/mol. The molecule has 0 atom stereocenters. The average molecular weight is 291 g/mol. The van der Waals surface area contributed by atoms with Crippen LogP contribution in [-0.4, -0.2) is 37.3 Å². The Morgan fingerprint density at radius 2 is 2.10 bits per heavy atom. The van der Waals surface area contributed by atoms with Crippen molar-refractivity contribution in [1.29, 1.82) is 0 Å². The lowest BCUT2D eigenvalue weighted by Crippen LogP contribution is -2.34. The summed E-state index contributed by atoms with van der Waals surface area (Å²) in [6.07, 6.45) is 2.28. The summed E-state index contributed by atoms with van der Waals surface area (Å²) in [6, 6.07) is 4.34. The van der Waals surface area contributed by atoms with Crippen molar-refractivity contribution in [3.8, 4) is 0 Å². The van der Waals surface area contributed by atoms with E-state index in [1.807, 2.05) is 4.90 Å². The first-order chi connectivity index (χ1) is 10.1. The first-order valence-corrected chi connectivity index (χ1v) is 6.77. The van der Waals surface area contributed by atoms with Gasteiger partial charge in [0.15, 0.2) is 0 Å². The molecule has 21 heavy (non-hydrogen) atoms. The fraction of sp³-hybridized carbons (Fsp3) is 0.429. The van der Waals surface area contributed by atoms with Crippen molar-refractivity contribution < 1.29 is 14.5 Å². The molecule has 1 N–H and O–H groups in total. The quantitative estimate of drug-likeness (QED) is 0.514. The van der Waals surface area contributed by atoms with Crippen molar-refractivity contribution in [1.82, 2.24) is 5.32 Å². The molecule has 0 aromatic heterocycles. The third-order valence-electron chi connectivity index (χ3n) is 3.73. The molecule has 0 unspecified atom stereocenters. The second-order valence-corrected chi connectivity index (χ2v) is 5.00. The second kappa shape index (κ2) is 6.34. The summed E-state index contributed by atoms with van der Waals surface area (Å²) in [5, 5.41) is 13.7. The standard InChI is InChI=1S/C14H17N3O4/c1-15-14(19)11-2-3-12(17(20)21)13(8-11)16-6-4-10(9-18)5-7-16/h2-3,8-10H,4-7H2,1H3,(H,15,19). The van der Waals surface area contributed by atoms with Crippen molar-refractivity contribution in [2.75, 3.05) is 25.0 Å². The molecular weight excluding hydrogens is 274 g/mol. The lowest BCUT2D eigenvalue weighted by molar-refractivity contribution is -0.384. The molecule has 1 heterocycles. The normalized spacial score (nSPS) is 15.6. The molecule has 0 saturated carbocycles. The minimum absolute atomic E-state index is 0.0161. The zero-order valence-corrected chi connectivity index (χ0v) is 11.7.